The molecule has 1 nitrogen and oxygen atoms in total. The molecule has 130 valence electrons. The van der Waals surface area contributed by atoms with E-state index in [4.69, 9.17) is 0 Å². The predicted molar refractivity (Wildman–Crippen MR) is 92.1 cm³/mol. The molecule has 0 bridgehead atoms. The van der Waals surface area contributed by atoms with Gasteiger partial charge in [0, 0.05) is 0 Å². The van der Waals surface area contributed by atoms with E-state index in [1.54, 1.807) is 6.07 Å². The summed E-state index contributed by atoms with van der Waals surface area (Å²) < 4.78 is 28.1. The van der Waals surface area contributed by atoms with Crippen molar-refractivity contribution in [1.29, 1.82) is 0 Å². The van der Waals surface area contributed by atoms with Crippen molar-refractivity contribution in [2.45, 2.75) is 57.3 Å². The molecule has 24 heavy (non-hydrogen) atoms. The highest BCUT2D eigenvalue weighted by Crippen LogP contribution is 2.44. The van der Waals surface area contributed by atoms with Gasteiger partial charge in [0.2, 0.25) is 0 Å². The quantitative estimate of drug-likeness (QED) is 0.485. The van der Waals surface area contributed by atoms with Gasteiger partial charge in [0.1, 0.15) is 0 Å². The third-order valence-electron chi connectivity index (χ3n) is 6.30. The molecule has 0 atom stereocenters. The van der Waals surface area contributed by atoms with Crippen molar-refractivity contribution in [2.75, 3.05) is 0 Å². The monoisotopic (exact) mass is 332 g/mol. The standard InChI is InChI=1S/C21H26F2O/c1-2-14-3-5-15(6-4-14)16-7-9-17(10-8-16)19-12-11-18(13-24)20(22)21(19)23/h2,11-17H,1,3-10H2. The van der Waals surface area contributed by atoms with E-state index in [2.05, 4.69) is 12.7 Å². The van der Waals surface area contributed by atoms with Crippen molar-refractivity contribution in [3.63, 3.8) is 0 Å². The maximum absolute atomic E-state index is 14.2. The number of hydrogen-bond donors (Lipinski definition) is 0. The number of allylic oxidation sites excluding steroid dienone is 1. The number of benzene rings is 1. The lowest BCUT2D eigenvalue weighted by Gasteiger charge is -2.37. The summed E-state index contributed by atoms with van der Waals surface area (Å²) in [5.41, 5.74) is 0.260. The van der Waals surface area contributed by atoms with E-state index in [9.17, 15) is 13.6 Å². The van der Waals surface area contributed by atoms with Crippen LogP contribution in [-0.2, 0) is 0 Å². The third kappa shape index (κ3) is 3.45. The minimum Gasteiger partial charge on any atom is -0.298 e. The Morgan fingerprint density at radius 1 is 0.875 bits per heavy atom. The van der Waals surface area contributed by atoms with Crippen LogP contribution in [0.1, 0.15) is 73.2 Å². The third-order valence-corrected chi connectivity index (χ3v) is 6.30. The first-order chi connectivity index (χ1) is 11.6. The van der Waals surface area contributed by atoms with Crippen LogP contribution in [0.3, 0.4) is 0 Å². The van der Waals surface area contributed by atoms with E-state index in [1.807, 2.05) is 0 Å². The van der Waals surface area contributed by atoms with E-state index in [0.717, 1.165) is 37.5 Å². The Morgan fingerprint density at radius 2 is 1.46 bits per heavy atom. The lowest BCUT2D eigenvalue weighted by atomic mass is 9.68. The van der Waals surface area contributed by atoms with E-state index >= 15 is 0 Å². The highest BCUT2D eigenvalue weighted by Gasteiger charge is 2.32. The van der Waals surface area contributed by atoms with Crippen molar-refractivity contribution in [1.82, 2.24) is 0 Å². The molecule has 2 fully saturated rings. The van der Waals surface area contributed by atoms with Crippen molar-refractivity contribution < 1.29 is 13.6 Å². The fourth-order valence-electron chi connectivity index (χ4n) is 4.74. The smallest absolute Gasteiger partial charge is 0.169 e. The van der Waals surface area contributed by atoms with Crippen LogP contribution >= 0.6 is 0 Å². The minimum absolute atomic E-state index is 0.0842. The minimum atomic E-state index is -0.993. The zero-order valence-corrected chi connectivity index (χ0v) is 14.1. The largest absolute Gasteiger partial charge is 0.298 e. The molecule has 0 N–H and O–H groups in total. The van der Waals surface area contributed by atoms with Gasteiger partial charge in [-0.1, -0.05) is 12.1 Å². The summed E-state index contributed by atoms with van der Waals surface area (Å²) >= 11 is 0. The van der Waals surface area contributed by atoms with Crippen molar-refractivity contribution >= 4 is 6.29 Å². The molecule has 1 aromatic rings. The highest BCUT2D eigenvalue weighted by atomic mass is 19.2. The topological polar surface area (TPSA) is 17.1 Å². The van der Waals surface area contributed by atoms with Crippen LogP contribution in [0.25, 0.3) is 0 Å². The first kappa shape index (κ1) is 17.3. The van der Waals surface area contributed by atoms with Crippen LogP contribution in [0.5, 0.6) is 0 Å². The van der Waals surface area contributed by atoms with Gasteiger partial charge in [0.25, 0.3) is 0 Å². The van der Waals surface area contributed by atoms with Crippen molar-refractivity contribution in [3.8, 4) is 0 Å². The molecule has 0 unspecified atom stereocenters. The molecular formula is C21H26F2O. The molecule has 0 spiro atoms. The van der Waals surface area contributed by atoms with E-state index in [1.165, 1.54) is 31.7 Å². The number of carbonyl (C=O) groups is 1. The maximum atomic E-state index is 14.2. The summed E-state index contributed by atoms with van der Waals surface area (Å²) in [5, 5.41) is 0. The van der Waals surface area contributed by atoms with Crippen LogP contribution in [0.4, 0.5) is 8.78 Å². The summed E-state index contributed by atoms with van der Waals surface area (Å²) in [5.74, 6) is 0.476. The van der Waals surface area contributed by atoms with Gasteiger partial charge in [-0.15, -0.1) is 6.58 Å². The average molecular weight is 332 g/mol. The molecule has 0 aliphatic heterocycles. The Balaban J connectivity index is 1.60. The van der Waals surface area contributed by atoms with Crippen LogP contribution in [0, 0.1) is 29.4 Å². The number of rotatable bonds is 4. The molecule has 0 aromatic heterocycles. The molecule has 3 heteroatoms. The van der Waals surface area contributed by atoms with Crippen LogP contribution in [-0.4, -0.2) is 6.29 Å². The van der Waals surface area contributed by atoms with Gasteiger partial charge in [0.15, 0.2) is 17.9 Å². The van der Waals surface area contributed by atoms with E-state index in [-0.39, 0.29) is 11.5 Å². The highest BCUT2D eigenvalue weighted by molar-refractivity contribution is 5.75. The Hall–Kier alpha value is -1.51. The molecule has 0 saturated heterocycles. The van der Waals surface area contributed by atoms with Crippen LogP contribution < -0.4 is 0 Å². The predicted octanol–water partition coefficient (Wildman–Crippen LogP) is 6.04. The van der Waals surface area contributed by atoms with Gasteiger partial charge in [-0.05, 0) is 86.7 Å². The normalized spacial score (nSPS) is 30.8. The molecule has 2 aliphatic carbocycles. The first-order valence-corrected chi connectivity index (χ1v) is 9.19. The van der Waals surface area contributed by atoms with Gasteiger partial charge in [-0.25, -0.2) is 8.78 Å². The molecule has 0 amide bonds. The second-order valence-electron chi connectivity index (χ2n) is 7.51. The summed E-state index contributed by atoms with van der Waals surface area (Å²) in [6, 6.07) is 3.01. The van der Waals surface area contributed by atoms with Crippen molar-refractivity contribution in [2.24, 2.45) is 17.8 Å². The van der Waals surface area contributed by atoms with E-state index < -0.39 is 11.6 Å². The summed E-state index contributed by atoms with van der Waals surface area (Å²) in [7, 11) is 0. The van der Waals surface area contributed by atoms with Gasteiger partial charge in [-0.3, -0.25) is 4.79 Å². The molecule has 2 saturated carbocycles. The molecule has 2 aliphatic rings. The van der Waals surface area contributed by atoms with Crippen molar-refractivity contribution in [3.05, 3.63) is 47.5 Å². The second kappa shape index (κ2) is 7.58. The lowest BCUT2D eigenvalue weighted by Crippen LogP contribution is -2.25. The molecule has 0 heterocycles. The summed E-state index contributed by atoms with van der Waals surface area (Å²) in [6.45, 7) is 3.91. The molecule has 1 aromatic carbocycles. The summed E-state index contributed by atoms with van der Waals surface area (Å²) in [4.78, 5) is 10.7. The van der Waals surface area contributed by atoms with Crippen LogP contribution in [0.15, 0.2) is 24.8 Å². The van der Waals surface area contributed by atoms with Crippen LogP contribution in [0.2, 0.25) is 0 Å². The van der Waals surface area contributed by atoms with Gasteiger partial charge in [0.05, 0.1) is 5.56 Å². The first-order valence-electron chi connectivity index (χ1n) is 9.19. The molecular weight excluding hydrogens is 306 g/mol. The lowest BCUT2D eigenvalue weighted by molar-refractivity contribution is 0.111. The number of carbonyl (C=O) groups excluding carboxylic acids is 1. The van der Waals surface area contributed by atoms with Gasteiger partial charge in [-0.2, -0.15) is 0 Å². The maximum Gasteiger partial charge on any atom is 0.169 e. The molecule has 3 rings (SSSR count). The summed E-state index contributed by atoms with van der Waals surface area (Å²) in [6.07, 6.45) is 11.6. The Kier molecular flexibility index (Phi) is 5.47. The SMILES string of the molecule is C=CC1CCC(C2CCC(c3ccc(C=O)c(F)c3F)CC2)CC1. The van der Waals surface area contributed by atoms with E-state index in [0.29, 0.717) is 17.8 Å². The second-order valence-corrected chi connectivity index (χ2v) is 7.51. The Morgan fingerprint density at radius 3 is 2.00 bits per heavy atom. The van der Waals surface area contributed by atoms with Gasteiger partial charge < -0.3 is 0 Å². The Bertz CT molecular complexity index is 594. The average Bonchev–Trinajstić information content (AvgIpc) is 2.64. The van der Waals surface area contributed by atoms with Gasteiger partial charge >= 0.3 is 0 Å². The number of halogens is 2. The molecule has 0 radical (unpaired) electrons. The fraction of sp³-hybridized carbons (Fsp3) is 0.571. The Labute approximate surface area is 143 Å². The zero-order chi connectivity index (χ0) is 17.1. The fourth-order valence-corrected chi connectivity index (χ4v) is 4.74. The number of aldehydes is 1. The zero-order valence-electron chi connectivity index (χ0n) is 14.1. The number of hydrogen-bond acceptors (Lipinski definition) is 1.